The Morgan fingerprint density at radius 2 is 1.87 bits per heavy atom. The van der Waals surface area contributed by atoms with Gasteiger partial charge in [-0.05, 0) is 68.8 Å². The normalized spacial score (nSPS) is 11.0. The number of hydrogen-bond donors (Lipinski definition) is 2. The molecule has 0 spiro atoms. The van der Waals surface area contributed by atoms with Crippen LogP contribution in [0.15, 0.2) is 52.1 Å². The summed E-state index contributed by atoms with van der Waals surface area (Å²) in [5.41, 5.74) is 5.45. The van der Waals surface area contributed by atoms with Gasteiger partial charge in [-0.25, -0.2) is 0 Å². The maximum Gasteiger partial charge on any atom is 0.277 e. The van der Waals surface area contributed by atoms with E-state index in [2.05, 4.69) is 27.4 Å². The number of anilines is 1. The maximum atomic E-state index is 12.2. The number of benzene rings is 2. The van der Waals surface area contributed by atoms with Crippen LogP contribution in [0.3, 0.4) is 0 Å². The van der Waals surface area contributed by atoms with Gasteiger partial charge in [0.15, 0.2) is 5.78 Å². The standard InChI is InChI=1S/C22H20N4O3S/c1-12-13(2)23-19-9-6-16(10-18(12)19)21-25-26-22(29-21)30-11-20(28)24-17-7-4-15(5-8-17)14(3)27/h4-10,23H,11H2,1-3H3,(H,24,28). The predicted molar refractivity (Wildman–Crippen MR) is 117 cm³/mol. The lowest BCUT2D eigenvalue weighted by molar-refractivity contribution is -0.113. The lowest BCUT2D eigenvalue weighted by Gasteiger charge is -2.04. The number of thioether (sulfide) groups is 1. The van der Waals surface area contributed by atoms with E-state index in [-0.39, 0.29) is 17.4 Å². The molecule has 152 valence electrons. The van der Waals surface area contributed by atoms with Crippen molar-refractivity contribution in [3.8, 4) is 11.5 Å². The van der Waals surface area contributed by atoms with Crippen molar-refractivity contribution >= 4 is 40.0 Å². The summed E-state index contributed by atoms with van der Waals surface area (Å²) in [5, 5.41) is 12.4. The third-order valence-corrected chi connectivity index (χ3v) is 5.68. The van der Waals surface area contributed by atoms with Crippen LogP contribution in [0.1, 0.15) is 28.5 Å². The Morgan fingerprint density at radius 3 is 2.60 bits per heavy atom. The summed E-state index contributed by atoms with van der Waals surface area (Å²) in [6.07, 6.45) is 0. The number of aromatic amines is 1. The molecule has 0 radical (unpaired) electrons. The van der Waals surface area contributed by atoms with E-state index < -0.39 is 0 Å². The number of carbonyl (C=O) groups excluding carboxylic acids is 2. The Balaban J connectivity index is 1.39. The molecule has 4 rings (SSSR count). The van der Waals surface area contributed by atoms with Crippen molar-refractivity contribution in [1.29, 1.82) is 0 Å². The van der Waals surface area contributed by atoms with Crippen molar-refractivity contribution in [2.24, 2.45) is 0 Å². The smallest absolute Gasteiger partial charge is 0.277 e. The number of nitrogens with zero attached hydrogens (tertiary/aromatic N) is 2. The molecule has 1 amide bonds. The summed E-state index contributed by atoms with van der Waals surface area (Å²) in [6, 6.07) is 12.7. The SMILES string of the molecule is CC(=O)c1ccc(NC(=O)CSc2nnc(-c3ccc4[nH]c(C)c(C)c4c3)o2)cc1. The molecule has 7 nitrogen and oxygen atoms in total. The molecule has 30 heavy (non-hydrogen) atoms. The molecule has 8 heteroatoms. The topological polar surface area (TPSA) is 101 Å². The van der Waals surface area contributed by atoms with Crippen molar-refractivity contribution in [3.63, 3.8) is 0 Å². The molecule has 2 heterocycles. The van der Waals surface area contributed by atoms with Crippen molar-refractivity contribution in [3.05, 3.63) is 59.3 Å². The van der Waals surface area contributed by atoms with E-state index in [4.69, 9.17) is 4.42 Å². The van der Waals surface area contributed by atoms with Crippen molar-refractivity contribution in [1.82, 2.24) is 15.2 Å². The van der Waals surface area contributed by atoms with Gasteiger partial charge in [0.05, 0.1) is 5.75 Å². The van der Waals surface area contributed by atoms with E-state index in [0.29, 0.717) is 22.4 Å². The number of aromatic nitrogens is 3. The van der Waals surface area contributed by atoms with Crippen molar-refractivity contribution in [2.45, 2.75) is 26.0 Å². The fraction of sp³-hybridized carbons (Fsp3) is 0.182. The number of aryl methyl sites for hydroxylation is 2. The second-order valence-electron chi connectivity index (χ2n) is 6.98. The highest BCUT2D eigenvalue weighted by molar-refractivity contribution is 7.99. The van der Waals surface area contributed by atoms with Crippen LogP contribution in [0, 0.1) is 13.8 Å². The van der Waals surface area contributed by atoms with Gasteiger partial charge in [-0.1, -0.05) is 11.8 Å². The summed E-state index contributed by atoms with van der Waals surface area (Å²) < 4.78 is 5.72. The van der Waals surface area contributed by atoms with E-state index >= 15 is 0 Å². The first-order valence-electron chi connectivity index (χ1n) is 9.37. The molecule has 0 aliphatic rings. The number of hydrogen-bond acceptors (Lipinski definition) is 6. The molecule has 4 aromatic rings. The largest absolute Gasteiger partial charge is 0.411 e. The minimum absolute atomic E-state index is 0.0171. The summed E-state index contributed by atoms with van der Waals surface area (Å²) in [4.78, 5) is 26.8. The van der Waals surface area contributed by atoms with Crippen LogP contribution in [0.5, 0.6) is 0 Å². The van der Waals surface area contributed by atoms with Gasteiger partial charge in [-0.2, -0.15) is 0 Å². The third-order valence-electron chi connectivity index (χ3n) is 4.86. The molecule has 0 unspecified atom stereocenters. The zero-order valence-corrected chi connectivity index (χ0v) is 17.6. The first kappa shape index (κ1) is 19.9. The predicted octanol–water partition coefficient (Wildman–Crippen LogP) is 4.77. The number of ketones is 1. The Bertz CT molecular complexity index is 1240. The minimum Gasteiger partial charge on any atom is -0.411 e. The van der Waals surface area contributed by atoms with Crippen LogP contribution < -0.4 is 5.32 Å². The van der Waals surface area contributed by atoms with E-state index in [0.717, 1.165) is 22.2 Å². The molecule has 2 aromatic heterocycles. The summed E-state index contributed by atoms with van der Waals surface area (Å²) in [5.74, 6) is 0.329. The molecular weight excluding hydrogens is 400 g/mol. The van der Waals surface area contributed by atoms with Gasteiger partial charge in [-0.3, -0.25) is 9.59 Å². The average molecular weight is 420 g/mol. The number of amides is 1. The van der Waals surface area contributed by atoms with Gasteiger partial charge in [-0.15, -0.1) is 10.2 Å². The first-order chi connectivity index (χ1) is 14.4. The highest BCUT2D eigenvalue weighted by atomic mass is 32.2. The summed E-state index contributed by atoms with van der Waals surface area (Å²) in [7, 11) is 0. The molecule has 0 saturated carbocycles. The molecule has 0 aliphatic heterocycles. The first-order valence-corrected chi connectivity index (χ1v) is 10.4. The third kappa shape index (κ3) is 4.13. The maximum absolute atomic E-state index is 12.2. The zero-order valence-electron chi connectivity index (χ0n) is 16.8. The lowest BCUT2D eigenvalue weighted by atomic mass is 10.1. The summed E-state index contributed by atoms with van der Waals surface area (Å²) >= 11 is 1.17. The molecule has 0 fully saturated rings. The number of H-pyrrole nitrogens is 1. The lowest BCUT2D eigenvalue weighted by Crippen LogP contribution is -2.14. The van der Waals surface area contributed by atoms with Crippen LogP contribution in [0.25, 0.3) is 22.4 Å². The fourth-order valence-electron chi connectivity index (χ4n) is 3.09. The quantitative estimate of drug-likeness (QED) is 0.344. The molecule has 0 saturated heterocycles. The minimum atomic E-state index is -0.199. The van der Waals surface area contributed by atoms with Gasteiger partial charge in [0, 0.05) is 33.4 Å². The molecule has 0 atom stereocenters. The van der Waals surface area contributed by atoms with E-state index in [1.165, 1.54) is 24.2 Å². The van der Waals surface area contributed by atoms with E-state index in [1.54, 1.807) is 24.3 Å². The van der Waals surface area contributed by atoms with Crippen LogP contribution in [0.4, 0.5) is 5.69 Å². The Kier molecular flexibility index (Phi) is 5.41. The van der Waals surface area contributed by atoms with Gasteiger partial charge < -0.3 is 14.7 Å². The number of Topliss-reactive ketones (excluding diaryl/α,β-unsaturated/α-hetero) is 1. The fourth-order valence-corrected chi connectivity index (χ4v) is 3.65. The molecule has 0 bridgehead atoms. The molecule has 2 aromatic carbocycles. The Morgan fingerprint density at radius 1 is 1.10 bits per heavy atom. The second kappa shape index (κ2) is 8.16. The Hall–Kier alpha value is -3.39. The monoisotopic (exact) mass is 420 g/mol. The van der Waals surface area contributed by atoms with Crippen molar-refractivity contribution in [2.75, 3.05) is 11.1 Å². The average Bonchev–Trinajstić information content (AvgIpc) is 3.31. The summed E-state index contributed by atoms with van der Waals surface area (Å²) in [6.45, 7) is 5.61. The van der Waals surface area contributed by atoms with Crippen molar-refractivity contribution < 1.29 is 14.0 Å². The number of rotatable bonds is 6. The molecular formula is C22H20N4O3S. The van der Waals surface area contributed by atoms with Gasteiger partial charge in [0.25, 0.3) is 5.22 Å². The Labute approximate surface area is 177 Å². The zero-order chi connectivity index (χ0) is 21.3. The molecule has 2 N–H and O–H groups in total. The number of carbonyl (C=O) groups is 2. The van der Waals surface area contributed by atoms with Gasteiger partial charge in [0.1, 0.15) is 0 Å². The highest BCUT2D eigenvalue weighted by Gasteiger charge is 2.13. The van der Waals surface area contributed by atoms with E-state index in [9.17, 15) is 9.59 Å². The highest BCUT2D eigenvalue weighted by Crippen LogP contribution is 2.28. The number of nitrogens with one attached hydrogen (secondary N) is 2. The molecule has 0 aliphatic carbocycles. The van der Waals surface area contributed by atoms with Crippen LogP contribution in [-0.4, -0.2) is 32.6 Å². The van der Waals surface area contributed by atoms with Crippen LogP contribution >= 0.6 is 11.8 Å². The number of fused-ring (bicyclic) bond motifs is 1. The van der Waals surface area contributed by atoms with Gasteiger partial charge >= 0.3 is 0 Å². The van der Waals surface area contributed by atoms with Gasteiger partial charge in [0.2, 0.25) is 11.8 Å². The second-order valence-corrected chi connectivity index (χ2v) is 7.91. The van der Waals surface area contributed by atoms with Crippen LogP contribution in [-0.2, 0) is 4.79 Å². The van der Waals surface area contributed by atoms with Crippen LogP contribution in [0.2, 0.25) is 0 Å². The van der Waals surface area contributed by atoms with E-state index in [1.807, 2.05) is 25.1 Å².